The first-order valence-corrected chi connectivity index (χ1v) is 7.33. The van der Waals surface area contributed by atoms with Gasteiger partial charge in [-0.1, -0.05) is 13.3 Å². The summed E-state index contributed by atoms with van der Waals surface area (Å²) in [7, 11) is 0. The molecule has 2 aliphatic rings. The minimum Gasteiger partial charge on any atom is -0.381 e. The normalized spacial score (nSPS) is 31.2. The molecule has 0 bridgehead atoms. The van der Waals surface area contributed by atoms with Gasteiger partial charge in [-0.3, -0.25) is 4.90 Å². The van der Waals surface area contributed by atoms with E-state index in [1.807, 2.05) is 0 Å². The van der Waals surface area contributed by atoms with E-state index in [1.54, 1.807) is 0 Å². The smallest absolute Gasteiger partial charge is 0.0484 e. The Morgan fingerprint density at radius 3 is 2.65 bits per heavy atom. The molecule has 1 aliphatic carbocycles. The van der Waals surface area contributed by atoms with Gasteiger partial charge in [-0.2, -0.15) is 0 Å². The maximum atomic E-state index is 6.12. The van der Waals surface area contributed by atoms with Crippen LogP contribution in [0.4, 0.5) is 0 Å². The molecule has 1 saturated heterocycles. The molecule has 1 saturated carbocycles. The highest BCUT2D eigenvalue weighted by molar-refractivity contribution is 4.94. The van der Waals surface area contributed by atoms with Crippen LogP contribution in [0.25, 0.3) is 0 Å². The first-order chi connectivity index (χ1) is 8.30. The third-order valence-corrected chi connectivity index (χ3v) is 4.78. The van der Waals surface area contributed by atoms with E-state index in [9.17, 15) is 0 Å². The Morgan fingerprint density at radius 1 is 1.24 bits per heavy atom. The van der Waals surface area contributed by atoms with Gasteiger partial charge in [0.1, 0.15) is 0 Å². The summed E-state index contributed by atoms with van der Waals surface area (Å²) >= 11 is 0. The fourth-order valence-electron chi connectivity index (χ4n) is 3.29. The van der Waals surface area contributed by atoms with E-state index < -0.39 is 0 Å². The average Bonchev–Trinajstić information content (AvgIpc) is 2.54. The van der Waals surface area contributed by atoms with E-state index in [0.29, 0.717) is 0 Å². The molecule has 3 nitrogen and oxygen atoms in total. The minimum atomic E-state index is 0.223. The largest absolute Gasteiger partial charge is 0.381 e. The summed E-state index contributed by atoms with van der Waals surface area (Å²) in [4.78, 5) is 2.66. The SMILES string of the molecule is CCN(CC1CCC1)C1(CN)CCCOCC1. The van der Waals surface area contributed by atoms with Crippen LogP contribution in [-0.4, -0.2) is 43.3 Å². The molecular weight excluding hydrogens is 212 g/mol. The first-order valence-electron chi connectivity index (χ1n) is 7.33. The zero-order chi connectivity index (χ0) is 12.1. The molecule has 0 amide bonds. The van der Waals surface area contributed by atoms with Gasteiger partial charge in [-0.25, -0.2) is 0 Å². The lowest BCUT2D eigenvalue weighted by Crippen LogP contribution is -2.55. The Bertz CT molecular complexity index is 220. The second-order valence-corrected chi connectivity index (χ2v) is 5.73. The number of hydrogen-bond acceptors (Lipinski definition) is 3. The maximum Gasteiger partial charge on any atom is 0.0484 e. The zero-order valence-corrected chi connectivity index (χ0v) is 11.3. The van der Waals surface area contributed by atoms with Crippen molar-refractivity contribution in [1.82, 2.24) is 4.90 Å². The van der Waals surface area contributed by atoms with Crippen LogP contribution in [-0.2, 0) is 4.74 Å². The van der Waals surface area contributed by atoms with Crippen molar-refractivity contribution in [2.45, 2.75) is 51.0 Å². The zero-order valence-electron chi connectivity index (χ0n) is 11.3. The quantitative estimate of drug-likeness (QED) is 0.799. The van der Waals surface area contributed by atoms with E-state index in [0.717, 1.165) is 38.6 Å². The van der Waals surface area contributed by atoms with Gasteiger partial charge >= 0.3 is 0 Å². The standard InChI is InChI=1S/C14H28N2O/c1-2-16(11-13-5-3-6-13)14(12-15)7-4-9-17-10-8-14/h13H,2-12,15H2,1H3. The van der Waals surface area contributed by atoms with Gasteiger partial charge in [-0.15, -0.1) is 0 Å². The maximum absolute atomic E-state index is 6.12. The van der Waals surface area contributed by atoms with Gasteiger partial charge in [0.25, 0.3) is 0 Å². The molecule has 1 heterocycles. The molecule has 0 aromatic heterocycles. The van der Waals surface area contributed by atoms with E-state index in [-0.39, 0.29) is 5.54 Å². The molecular formula is C14H28N2O. The Morgan fingerprint density at radius 2 is 2.06 bits per heavy atom. The lowest BCUT2D eigenvalue weighted by Gasteiger charge is -2.45. The Labute approximate surface area is 106 Å². The summed E-state index contributed by atoms with van der Waals surface area (Å²) in [5.74, 6) is 0.933. The molecule has 0 aromatic rings. The Hall–Kier alpha value is -0.120. The van der Waals surface area contributed by atoms with E-state index in [1.165, 1.54) is 38.6 Å². The highest BCUT2D eigenvalue weighted by Crippen LogP contribution is 2.33. The fourth-order valence-corrected chi connectivity index (χ4v) is 3.29. The number of rotatable bonds is 5. The molecule has 1 unspecified atom stereocenters. The minimum absolute atomic E-state index is 0.223. The molecule has 2 rings (SSSR count). The number of ether oxygens (including phenoxy) is 1. The van der Waals surface area contributed by atoms with E-state index in [4.69, 9.17) is 10.5 Å². The van der Waals surface area contributed by atoms with Crippen LogP contribution in [0, 0.1) is 5.92 Å². The molecule has 1 atom stereocenters. The second-order valence-electron chi connectivity index (χ2n) is 5.73. The van der Waals surface area contributed by atoms with Crippen molar-refractivity contribution in [1.29, 1.82) is 0 Å². The molecule has 2 N–H and O–H groups in total. The topological polar surface area (TPSA) is 38.5 Å². The summed E-state index contributed by atoms with van der Waals surface area (Å²) in [5.41, 5.74) is 6.35. The van der Waals surface area contributed by atoms with Crippen molar-refractivity contribution < 1.29 is 4.74 Å². The molecule has 0 spiro atoms. The Kier molecular flexibility index (Phi) is 4.83. The van der Waals surface area contributed by atoms with Crippen molar-refractivity contribution in [3.63, 3.8) is 0 Å². The third kappa shape index (κ3) is 3.01. The molecule has 100 valence electrons. The molecule has 1 aliphatic heterocycles. The lowest BCUT2D eigenvalue weighted by molar-refractivity contribution is 0.0445. The lowest BCUT2D eigenvalue weighted by atomic mass is 9.82. The van der Waals surface area contributed by atoms with Crippen molar-refractivity contribution in [3.8, 4) is 0 Å². The van der Waals surface area contributed by atoms with Crippen LogP contribution in [0.3, 0.4) is 0 Å². The highest BCUT2D eigenvalue weighted by Gasteiger charge is 2.37. The van der Waals surface area contributed by atoms with Crippen molar-refractivity contribution in [2.75, 3.05) is 32.8 Å². The predicted octanol–water partition coefficient (Wildman–Crippen LogP) is 2.01. The molecule has 3 heteroatoms. The Balaban J connectivity index is 2.00. The molecule has 0 aromatic carbocycles. The van der Waals surface area contributed by atoms with Gasteiger partial charge in [0.2, 0.25) is 0 Å². The van der Waals surface area contributed by atoms with Crippen molar-refractivity contribution in [2.24, 2.45) is 11.7 Å². The molecule has 2 fully saturated rings. The van der Waals surface area contributed by atoms with Gasteiger partial charge in [0, 0.05) is 31.8 Å². The van der Waals surface area contributed by atoms with Gasteiger partial charge < -0.3 is 10.5 Å². The third-order valence-electron chi connectivity index (χ3n) is 4.78. The molecule has 0 radical (unpaired) electrons. The summed E-state index contributed by atoms with van der Waals surface area (Å²) < 4.78 is 5.61. The number of nitrogens with two attached hydrogens (primary N) is 1. The summed E-state index contributed by atoms with van der Waals surface area (Å²) in [6.45, 7) is 7.27. The van der Waals surface area contributed by atoms with Gasteiger partial charge in [0.05, 0.1) is 0 Å². The molecule has 17 heavy (non-hydrogen) atoms. The summed E-state index contributed by atoms with van der Waals surface area (Å²) in [5, 5.41) is 0. The first kappa shape index (κ1) is 13.3. The summed E-state index contributed by atoms with van der Waals surface area (Å²) in [6, 6.07) is 0. The van der Waals surface area contributed by atoms with E-state index in [2.05, 4.69) is 11.8 Å². The summed E-state index contributed by atoms with van der Waals surface area (Å²) in [6.07, 6.45) is 7.77. The average molecular weight is 240 g/mol. The predicted molar refractivity (Wildman–Crippen MR) is 71.0 cm³/mol. The van der Waals surface area contributed by atoms with Crippen LogP contribution in [0.15, 0.2) is 0 Å². The van der Waals surface area contributed by atoms with Crippen LogP contribution in [0.5, 0.6) is 0 Å². The number of nitrogens with zero attached hydrogens (tertiary/aromatic N) is 1. The number of hydrogen-bond donors (Lipinski definition) is 1. The van der Waals surface area contributed by atoms with Gasteiger partial charge in [-0.05, 0) is 44.6 Å². The van der Waals surface area contributed by atoms with Crippen LogP contribution < -0.4 is 5.73 Å². The second kappa shape index (κ2) is 6.17. The monoisotopic (exact) mass is 240 g/mol. The van der Waals surface area contributed by atoms with Crippen molar-refractivity contribution in [3.05, 3.63) is 0 Å². The number of likely N-dealkylation sites (N-methyl/N-ethyl adjacent to an activating group) is 1. The van der Waals surface area contributed by atoms with Crippen molar-refractivity contribution >= 4 is 0 Å². The van der Waals surface area contributed by atoms with Gasteiger partial charge in [0.15, 0.2) is 0 Å². The van der Waals surface area contributed by atoms with Crippen LogP contribution in [0.2, 0.25) is 0 Å². The van der Waals surface area contributed by atoms with E-state index >= 15 is 0 Å². The van der Waals surface area contributed by atoms with Crippen LogP contribution in [0.1, 0.15) is 45.4 Å². The fraction of sp³-hybridized carbons (Fsp3) is 1.00. The highest BCUT2D eigenvalue weighted by atomic mass is 16.5. The van der Waals surface area contributed by atoms with Crippen LogP contribution >= 0.6 is 0 Å².